The minimum absolute atomic E-state index is 0.135. The zero-order valence-electron chi connectivity index (χ0n) is 14.6. The van der Waals surface area contributed by atoms with Crippen molar-refractivity contribution < 1.29 is 13.9 Å². The molecule has 1 aliphatic carbocycles. The Hall–Kier alpha value is -2.14. The third-order valence-corrected chi connectivity index (χ3v) is 5.28. The van der Waals surface area contributed by atoms with Gasteiger partial charge in [-0.25, -0.2) is 4.98 Å². The van der Waals surface area contributed by atoms with E-state index < -0.39 is 0 Å². The molecule has 0 N–H and O–H groups in total. The molecule has 0 spiro atoms. The molecule has 0 unspecified atom stereocenters. The van der Waals surface area contributed by atoms with Crippen LogP contribution in [0.25, 0.3) is 11.5 Å². The second kappa shape index (κ2) is 7.00. The summed E-state index contributed by atoms with van der Waals surface area (Å²) in [4.78, 5) is 19.5. The third-order valence-electron chi connectivity index (χ3n) is 5.28. The molecule has 2 aliphatic rings. The number of carbonyl (C=O) groups excluding carboxylic acids is 1. The highest BCUT2D eigenvalue weighted by molar-refractivity contribution is 5.79. The van der Waals surface area contributed by atoms with Crippen LogP contribution in [0, 0.1) is 6.92 Å². The standard InChI is InChI=1S/C20H24N2O3/c1-14-16(21-20(25-14)15-7-3-2-4-8-15)13-19(23)22-11-12-24-18-10-6-5-9-17(18)22/h2-4,7-8,17-18H,5-6,9-13H2,1H3/t17-,18+/m1/s1. The highest BCUT2D eigenvalue weighted by Gasteiger charge is 2.36. The van der Waals surface area contributed by atoms with Gasteiger partial charge in [-0.3, -0.25) is 4.79 Å². The van der Waals surface area contributed by atoms with Crippen LogP contribution in [0.1, 0.15) is 37.1 Å². The minimum Gasteiger partial charge on any atom is -0.441 e. The molecule has 1 aromatic carbocycles. The van der Waals surface area contributed by atoms with Crippen LogP contribution in [0.2, 0.25) is 0 Å². The van der Waals surface area contributed by atoms with Crippen molar-refractivity contribution in [3.8, 4) is 11.5 Å². The molecule has 4 rings (SSSR count). The molecule has 2 fully saturated rings. The van der Waals surface area contributed by atoms with Gasteiger partial charge in [0.1, 0.15) is 5.76 Å². The highest BCUT2D eigenvalue weighted by atomic mass is 16.5. The van der Waals surface area contributed by atoms with Gasteiger partial charge in [-0.1, -0.05) is 31.0 Å². The van der Waals surface area contributed by atoms with Gasteiger partial charge >= 0.3 is 0 Å². The van der Waals surface area contributed by atoms with Gasteiger partial charge in [0.2, 0.25) is 11.8 Å². The normalized spacial score (nSPS) is 23.3. The Bertz CT molecular complexity index is 739. The molecular weight excluding hydrogens is 316 g/mol. The van der Waals surface area contributed by atoms with E-state index in [1.54, 1.807) is 0 Å². The molecule has 25 heavy (non-hydrogen) atoms. The molecule has 132 valence electrons. The molecule has 5 heteroatoms. The molecule has 2 heterocycles. The van der Waals surface area contributed by atoms with Crippen LogP contribution in [0.15, 0.2) is 34.7 Å². The largest absolute Gasteiger partial charge is 0.441 e. The maximum atomic E-state index is 12.9. The topological polar surface area (TPSA) is 55.6 Å². The molecule has 5 nitrogen and oxygen atoms in total. The molecule has 1 amide bonds. The van der Waals surface area contributed by atoms with Gasteiger partial charge in [-0.15, -0.1) is 0 Å². The van der Waals surface area contributed by atoms with E-state index in [9.17, 15) is 4.79 Å². The molecule has 1 aromatic heterocycles. The summed E-state index contributed by atoms with van der Waals surface area (Å²) in [5.41, 5.74) is 1.67. The fourth-order valence-electron chi connectivity index (χ4n) is 3.95. The number of benzene rings is 1. The smallest absolute Gasteiger partial charge is 0.229 e. The van der Waals surface area contributed by atoms with Crippen molar-refractivity contribution in [3.05, 3.63) is 41.8 Å². The monoisotopic (exact) mass is 340 g/mol. The summed E-state index contributed by atoms with van der Waals surface area (Å²) in [7, 11) is 0. The molecule has 1 saturated heterocycles. The van der Waals surface area contributed by atoms with Crippen molar-refractivity contribution in [2.24, 2.45) is 0 Å². The number of nitrogens with zero attached hydrogens (tertiary/aromatic N) is 2. The van der Waals surface area contributed by atoms with Crippen LogP contribution in [0.4, 0.5) is 0 Å². The number of carbonyl (C=O) groups is 1. The Morgan fingerprint density at radius 2 is 2.04 bits per heavy atom. The van der Waals surface area contributed by atoms with Crippen molar-refractivity contribution in [2.45, 2.75) is 51.2 Å². The molecule has 2 atom stereocenters. The van der Waals surface area contributed by atoms with Crippen LogP contribution in [-0.4, -0.2) is 41.1 Å². The summed E-state index contributed by atoms with van der Waals surface area (Å²) in [6.07, 6.45) is 5.00. The van der Waals surface area contributed by atoms with Crippen molar-refractivity contribution in [1.82, 2.24) is 9.88 Å². The maximum absolute atomic E-state index is 12.9. The van der Waals surface area contributed by atoms with E-state index in [2.05, 4.69) is 4.98 Å². The van der Waals surface area contributed by atoms with Gasteiger partial charge in [0.05, 0.1) is 30.9 Å². The zero-order valence-corrected chi connectivity index (χ0v) is 14.6. The van der Waals surface area contributed by atoms with Crippen molar-refractivity contribution >= 4 is 5.91 Å². The number of rotatable bonds is 3. The second-order valence-electron chi connectivity index (χ2n) is 6.91. The van der Waals surface area contributed by atoms with Crippen LogP contribution >= 0.6 is 0 Å². The van der Waals surface area contributed by atoms with Gasteiger partial charge in [0, 0.05) is 12.1 Å². The SMILES string of the molecule is Cc1oc(-c2ccccc2)nc1CC(=O)N1CCO[C@H]2CCCC[C@H]21. The van der Waals surface area contributed by atoms with E-state index in [1.165, 1.54) is 12.8 Å². The van der Waals surface area contributed by atoms with Crippen LogP contribution in [0.5, 0.6) is 0 Å². The van der Waals surface area contributed by atoms with Gasteiger partial charge in [0.25, 0.3) is 0 Å². The Kier molecular flexibility index (Phi) is 4.57. The molecule has 1 saturated carbocycles. The lowest BCUT2D eigenvalue weighted by atomic mass is 9.90. The Morgan fingerprint density at radius 3 is 2.88 bits per heavy atom. The summed E-state index contributed by atoms with van der Waals surface area (Å²) in [5.74, 6) is 1.44. The van der Waals surface area contributed by atoms with E-state index in [0.717, 1.165) is 29.9 Å². The van der Waals surface area contributed by atoms with E-state index in [1.807, 2.05) is 42.2 Å². The van der Waals surface area contributed by atoms with Crippen LogP contribution in [0.3, 0.4) is 0 Å². The van der Waals surface area contributed by atoms with E-state index in [4.69, 9.17) is 9.15 Å². The highest BCUT2D eigenvalue weighted by Crippen LogP contribution is 2.29. The zero-order chi connectivity index (χ0) is 17.2. The molecule has 2 aromatic rings. The van der Waals surface area contributed by atoms with Crippen molar-refractivity contribution in [2.75, 3.05) is 13.2 Å². The number of morpholine rings is 1. The molecular formula is C20H24N2O3. The minimum atomic E-state index is 0.135. The number of aryl methyl sites for hydroxylation is 1. The predicted molar refractivity (Wildman–Crippen MR) is 94.1 cm³/mol. The number of ether oxygens (including phenoxy) is 1. The van der Waals surface area contributed by atoms with Crippen LogP contribution < -0.4 is 0 Å². The van der Waals surface area contributed by atoms with Crippen LogP contribution in [-0.2, 0) is 16.0 Å². The lowest BCUT2D eigenvalue weighted by Crippen LogP contribution is -2.55. The van der Waals surface area contributed by atoms with Crippen molar-refractivity contribution in [3.63, 3.8) is 0 Å². The van der Waals surface area contributed by atoms with Gasteiger partial charge in [0.15, 0.2) is 0 Å². The summed E-state index contributed by atoms with van der Waals surface area (Å²) < 4.78 is 11.7. The Labute approximate surface area is 148 Å². The van der Waals surface area contributed by atoms with E-state index >= 15 is 0 Å². The average molecular weight is 340 g/mol. The first kappa shape index (κ1) is 16.3. The Balaban J connectivity index is 1.50. The quantitative estimate of drug-likeness (QED) is 0.860. The lowest BCUT2D eigenvalue weighted by molar-refractivity contribution is -0.148. The first-order valence-corrected chi connectivity index (χ1v) is 9.15. The number of hydrogen-bond donors (Lipinski definition) is 0. The predicted octanol–water partition coefficient (Wildman–Crippen LogP) is 3.36. The fourth-order valence-corrected chi connectivity index (χ4v) is 3.95. The summed E-state index contributed by atoms with van der Waals surface area (Å²) in [6.45, 7) is 3.20. The first-order chi connectivity index (χ1) is 12.2. The first-order valence-electron chi connectivity index (χ1n) is 9.15. The number of oxazole rings is 1. The molecule has 1 aliphatic heterocycles. The van der Waals surface area contributed by atoms with Gasteiger partial charge < -0.3 is 14.1 Å². The van der Waals surface area contributed by atoms with Gasteiger partial charge in [-0.2, -0.15) is 0 Å². The van der Waals surface area contributed by atoms with Gasteiger partial charge in [-0.05, 0) is 31.9 Å². The number of amides is 1. The average Bonchev–Trinajstić information content (AvgIpc) is 3.02. The summed E-state index contributed by atoms with van der Waals surface area (Å²) in [5, 5.41) is 0. The maximum Gasteiger partial charge on any atom is 0.229 e. The molecule has 0 bridgehead atoms. The summed E-state index contributed by atoms with van der Waals surface area (Å²) in [6, 6.07) is 10.0. The third kappa shape index (κ3) is 3.33. The summed E-state index contributed by atoms with van der Waals surface area (Å²) >= 11 is 0. The van der Waals surface area contributed by atoms with Crippen molar-refractivity contribution in [1.29, 1.82) is 0 Å². The fraction of sp³-hybridized carbons (Fsp3) is 0.500. The number of hydrogen-bond acceptors (Lipinski definition) is 4. The molecule has 0 radical (unpaired) electrons. The number of aromatic nitrogens is 1. The van der Waals surface area contributed by atoms with E-state index in [0.29, 0.717) is 25.5 Å². The second-order valence-corrected chi connectivity index (χ2v) is 6.91. The Morgan fingerprint density at radius 1 is 1.24 bits per heavy atom. The van der Waals surface area contributed by atoms with E-state index in [-0.39, 0.29) is 18.1 Å². The lowest BCUT2D eigenvalue weighted by Gasteiger charge is -2.43. The number of fused-ring (bicyclic) bond motifs is 1.